The first-order valence-corrected chi connectivity index (χ1v) is 40.0. The molecule has 3 fully saturated rings. The highest BCUT2D eigenvalue weighted by atomic mass is 32.2. The standard InChI is InChI=1S/C75H99F3N10O9S4/c1-9-52(2)21-24-57-47-74(7,8)35-33-58(57)49-85-40-42-86(43-41-85)60-29-27-56(28-30-60)70(91)83-101(96,97)62-31-32-63(65(46-62)100(94,95)75(76,77)78)81-59(50-98-61-16-11-10-12-17-61)34-37-84-38-44-87(45-39-84)67(90)20-14-13-19-66(89)82-69(73(4,5)6)72(93)88-36-15-18-64(88)71(92)79-48-54-22-25-55(26-23-54)68-53(3)80-51-99-68/h10-12,16-17,22-23,25-32,46,51,59,64,69,81H,2,9,13-15,18-21,24,33-45,47-50H2,1,3-8H3,(H,79,92)(H,82,89)(H,83,91)/t59-,64+,69-/m1/s1. The lowest BCUT2D eigenvalue weighted by atomic mass is 9.73. The summed E-state index contributed by atoms with van der Waals surface area (Å²) in [5, 5.41) is 8.97. The molecule has 0 radical (unpaired) electrons. The number of nitrogens with one attached hydrogen (secondary N) is 4. The van der Waals surface area contributed by atoms with Crippen molar-refractivity contribution in [3.05, 3.63) is 143 Å². The molecule has 0 spiro atoms. The van der Waals surface area contributed by atoms with Crippen molar-refractivity contribution in [1.82, 2.24) is 39.9 Å². The summed E-state index contributed by atoms with van der Waals surface area (Å²) in [6.07, 6.45) is 8.94. The van der Waals surface area contributed by atoms with Gasteiger partial charge >= 0.3 is 5.51 Å². The molecular formula is C75H99F3N10O9S4. The lowest BCUT2D eigenvalue weighted by molar-refractivity contribution is -0.144. The molecule has 3 saturated heterocycles. The van der Waals surface area contributed by atoms with Gasteiger partial charge in [-0.15, -0.1) is 23.1 Å². The Hall–Kier alpha value is -7.10. The highest BCUT2D eigenvalue weighted by Crippen LogP contribution is 2.42. The van der Waals surface area contributed by atoms with Crippen molar-refractivity contribution < 1.29 is 54.0 Å². The van der Waals surface area contributed by atoms with E-state index < -0.39 is 70.3 Å². The monoisotopic (exact) mass is 1470 g/mol. The number of anilines is 2. The van der Waals surface area contributed by atoms with Crippen LogP contribution in [-0.2, 0) is 45.6 Å². The van der Waals surface area contributed by atoms with E-state index in [1.807, 2.05) is 92.5 Å². The predicted octanol–water partition coefficient (Wildman–Crippen LogP) is 12.4. The number of unbranched alkanes of at least 4 members (excludes halogenated alkanes) is 1. The summed E-state index contributed by atoms with van der Waals surface area (Å²) in [4.78, 5) is 82.5. The number of aromatic nitrogens is 1. The van der Waals surface area contributed by atoms with Crippen LogP contribution in [0.25, 0.3) is 10.4 Å². The second-order valence-electron chi connectivity index (χ2n) is 28.9. The van der Waals surface area contributed by atoms with Crippen molar-refractivity contribution in [3.8, 4) is 10.4 Å². The number of sulfone groups is 1. The first-order valence-electron chi connectivity index (χ1n) is 35.2. The Kier molecular flexibility index (Phi) is 26.6. The van der Waals surface area contributed by atoms with Gasteiger partial charge in [0.1, 0.15) is 17.0 Å². The summed E-state index contributed by atoms with van der Waals surface area (Å²) in [6.45, 7) is 25.5. The number of likely N-dealkylation sites (tertiary alicyclic amines) is 1. The van der Waals surface area contributed by atoms with Crippen molar-refractivity contribution in [2.75, 3.05) is 88.0 Å². The number of hydrogen-bond acceptors (Lipinski definition) is 16. The maximum Gasteiger partial charge on any atom is 0.501 e. The van der Waals surface area contributed by atoms with Gasteiger partial charge in [0.05, 0.1) is 26.7 Å². The molecule has 5 aromatic rings. The van der Waals surface area contributed by atoms with E-state index in [2.05, 4.69) is 63.0 Å². The molecule has 0 unspecified atom stereocenters. The lowest BCUT2D eigenvalue weighted by Gasteiger charge is -2.39. The fourth-order valence-electron chi connectivity index (χ4n) is 13.5. The van der Waals surface area contributed by atoms with Gasteiger partial charge in [-0.3, -0.25) is 33.8 Å². The Balaban J connectivity index is 0.748. The molecule has 3 atom stereocenters. The van der Waals surface area contributed by atoms with Crippen LogP contribution in [0.15, 0.2) is 141 Å². The molecule has 101 heavy (non-hydrogen) atoms. The normalized spacial score (nSPS) is 17.9. The maximum atomic E-state index is 14.6. The summed E-state index contributed by atoms with van der Waals surface area (Å²) >= 11 is 2.97. The summed E-state index contributed by atoms with van der Waals surface area (Å²) in [7, 11) is -11.1. The van der Waals surface area contributed by atoms with Crippen LogP contribution in [0.1, 0.15) is 147 Å². The molecule has 1 aliphatic carbocycles. The quantitative estimate of drug-likeness (QED) is 0.0190. The zero-order chi connectivity index (χ0) is 72.9. The Morgan fingerprint density at radius 2 is 1.50 bits per heavy atom. The molecule has 4 heterocycles. The van der Waals surface area contributed by atoms with E-state index in [4.69, 9.17) is 0 Å². The molecule has 26 heteroatoms. The molecule has 4 N–H and O–H groups in total. The fourth-order valence-corrected chi connectivity index (χ4v) is 17.3. The Labute approximate surface area is 602 Å². The molecule has 4 aromatic carbocycles. The van der Waals surface area contributed by atoms with Crippen molar-refractivity contribution >= 4 is 83.9 Å². The second kappa shape index (κ2) is 34.5. The summed E-state index contributed by atoms with van der Waals surface area (Å²) < 4.78 is 100. The molecule has 19 nitrogen and oxygen atoms in total. The predicted molar refractivity (Wildman–Crippen MR) is 394 cm³/mol. The molecule has 0 bridgehead atoms. The molecule has 1 aromatic heterocycles. The van der Waals surface area contributed by atoms with Crippen molar-refractivity contribution in [2.45, 2.75) is 177 Å². The largest absolute Gasteiger partial charge is 0.501 e. The van der Waals surface area contributed by atoms with E-state index in [-0.39, 0.29) is 53.2 Å². The number of benzene rings is 4. The third kappa shape index (κ3) is 21.3. The van der Waals surface area contributed by atoms with E-state index in [0.717, 1.165) is 116 Å². The van der Waals surface area contributed by atoms with Crippen LogP contribution in [0, 0.1) is 17.8 Å². The SMILES string of the molecule is C=C(CC)CCC1=C(CN2CCN(c3ccc(C(=O)NS(=O)(=O)c4ccc(N[C@H](CCN5CCN(C(=O)CCCCC(=O)N[C@H](C(=O)N6CCC[C@H]6C(=O)NCc6ccc(-c7scnc7C)cc6)C(C)(C)C)CC5)CSc5ccccc5)c(S(=O)(=O)C(F)(F)F)c4)cc3)CC2)CCC(C)(C)C1. The number of aryl methyl sites for hydroxylation is 1. The van der Waals surface area contributed by atoms with Crippen LogP contribution in [-0.4, -0.2) is 172 Å². The van der Waals surface area contributed by atoms with Crippen molar-refractivity contribution in [1.29, 1.82) is 0 Å². The summed E-state index contributed by atoms with van der Waals surface area (Å²) in [5.41, 5.74) is 3.23. The first kappa shape index (κ1) is 78.0. The third-order valence-corrected chi connectivity index (χ3v) is 24.8. The Bertz CT molecular complexity index is 3980. The topological polar surface area (TPSA) is 231 Å². The minimum atomic E-state index is -6.17. The van der Waals surface area contributed by atoms with Gasteiger partial charge in [-0.1, -0.05) is 107 Å². The van der Waals surface area contributed by atoms with Crippen LogP contribution >= 0.6 is 23.1 Å². The third-order valence-electron chi connectivity index (χ3n) is 19.7. The van der Waals surface area contributed by atoms with E-state index in [9.17, 15) is 54.0 Å². The van der Waals surface area contributed by atoms with E-state index >= 15 is 0 Å². The van der Waals surface area contributed by atoms with Crippen molar-refractivity contribution in [2.24, 2.45) is 10.8 Å². The zero-order valence-corrected chi connectivity index (χ0v) is 62.5. The maximum absolute atomic E-state index is 14.6. The number of sulfonamides is 1. The number of piperazine rings is 2. The number of hydrogen-bond donors (Lipinski definition) is 4. The van der Waals surface area contributed by atoms with Crippen LogP contribution < -0.4 is 25.6 Å². The molecule has 9 rings (SSSR count). The van der Waals surface area contributed by atoms with Crippen molar-refractivity contribution in [3.63, 3.8) is 0 Å². The highest BCUT2D eigenvalue weighted by molar-refractivity contribution is 7.99. The average Bonchev–Trinajstić information content (AvgIpc) is 0.918. The number of nitrogens with zero attached hydrogens (tertiary/aromatic N) is 6. The number of thioether (sulfide) groups is 1. The number of allylic oxidation sites excluding steroid dienone is 2. The van der Waals surface area contributed by atoms with Gasteiger partial charge in [0, 0.05) is 119 Å². The molecule has 3 aliphatic heterocycles. The van der Waals surface area contributed by atoms with E-state index in [0.29, 0.717) is 84.0 Å². The second-order valence-corrected chi connectivity index (χ2v) is 34.5. The van der Waals surface area contributed by atoms with Gasteiger partial charge < -0.3 is 30.7 Å². The number of alkyl halides is 3. The summed E-state index contributed by atoms with van der Waals surface area (Å²) in [6, 6.07) is 23.7. The number of carbonyl (C=O) groups excluding carboxylic acids is 5. The van der Waals surface area contributed by atoms with Gasteiger partial charge in [-0.05, 0) is 154 Å². The Morgan fingerprint density at radius 3 is 2.15 bits per heavy atom. The molecule has 5 amide bonds. The number of halogens is 3. The average molecular weight is 1470 g/mol. The van der Waals surface area contributed by atoms with Crippen LogP contribution in [0.3, 0.4) is 0 Å². The number of carbonyl (C=O) groups is 5. The fraction of sp³-hybridized carbons (Fsp3) is 0.520. The molecule has 4 aliphatic rings. The molecular weight excluding hydrogens is 1370 g/mol. The minimum Gasteiger partial charge on any atom is -0.380 e. The molecule has 0 saturated carbocycles. The van der Waals surface area contributed by atoms with Gasteiger partial charge in [0.2, 0.25) is 23.6 Å². The van der Waals surface area contributed by atoms with Crippen LogP contribution in [0.5, 0.6) is 0 Å². The van der Waals surface area contributed by atoms with Gasteiger partial charge in [0.25, 0.3) is 25.8 Å². The molecule has 548 valence electrons. The van der Waals surface area contributed by atoms with E-state index in [1.54, 1.807) is 44.4 Å². The highest BCUT2D eigenvalue weighted by Gasteiger charge is 2.49. The van der Waals surface area contributed by atoms with Crippen LogP contribution in [0.4, 0.5) is 24.5 Å². The zero-order valence-electron chi connectivity index (χ0n) is 59.3. The Morgan fingerprint density at radius 1 is 0.812 bits per heavy atom. The van der Waals surface area contributed by atoms with Crippen LogP contribution in [0.2, 0.25) is 0 Å². The smallest absolute Gasteiger partial charge is 0.380 e. The van der Waals surface area contributed by atoms with Gasteiger partial charge in [-0.25, -0.2) is 26.5 Å². The first-order chi connectivity index (χ1) is 47.9. The number of rotatable bonds is 30. The number of thiazole rings is 1. The van der Waals surface area contributed by atoms with E-state index in [1.165, 1.54) is 29.5 Å². The van der Waals surface area contributed by atoms with Gasteiger partial charge in [-0.2, -0.15) is 13.2 Å². The van der Waals surface area contributed by atoms with Gasteiger partial charge in [0.15, 0.2) is 0 Å². The minimum absolute atomic E-state index is 0.0270. The summed E-state index contributed by atoms with van der Waals surface area (Å²) in [5.74, 6) is -1.78. The lowest BCUT2D eigenvalue weighted by Crippen LogP contribution is -2.57. The number of amides is 5.